The van der Waals surface area contributed by atoms with Crippen LogP contribution in [0, 0.1) is 0 Å². The van der Waals surface area contributed by atoms with Crippen LogP contribution in [0.3, 0.4) is 0 Å². The Morgan fingerprint density at radius 3 is 1.95 bits per heavy atom. The minimum Gasteiger partial charge on any atom is -0.504 e. The lowest BCUT2D eigenvalue weighted by atomic mass is 10.1. The molecule has 1 aromatic rings. The summed E-state index contributed by atoms with van der Waals surface area (Å²) < 4.78 is 0. The Balaban J connectivity index is 0.000000342. The Kier molecular flexibility index (Phi) is 6.73. The van der Waals surface area contributed by atoms with Crippen molar-refractivity contribution in [1.29, 1.82) is 0 Å². The fraction of sp³-hybridized carbons (Fsp3) is 0.231. The van der Waals surface area contributed by atoms with Gasteiger partial charge in [-0.25, -0.2) is 0 Å². The van der Waals surface area contributed by atoms with Gasteiger partial charge in [0.15, 0.2) is 17.2 Å². The first-order chi connectivity index (χ1) is 8.84. The van der Waals surface area contributed by atoms with Crippen molar-refractivity contribution in [2.45, 2.75) is 20.3 Å². The van der Waals surface area contributed by atoms with Crippen LogP contribution in [-0.4, -0.2) is 27.5 Å². The van der Waals surface area contributed by atoms with Crippen LogP contribution in [0.4, 0.5) is 0 Å². The zero-order valence-corrected chi connectivity index (χ0v) is 10.8. The van der Waals surface area contributed by atoms with E-state index in [0.29, 0.717) is 23.9 Å². The second-order valence-corrected chi connectivity index (χ2v) is 3.63. The topological polar surface area (TPSA) is 121 Å². The molecule has 0 fully saturated rings. The van der Waals surface area contributed by atoms with E-state index in [1.54, 1.807) is 13.8 Å². The van der Waals surface area contributed by atoms with Crippen molar-refractivity contribution in [3.05, 3.63) is 29.3 Å². The molecule has 1 aromatic carbocycles. The molecule has 0 aromatic heterocycles. The molecule has 0 aliphatic heterocycles. The average Bonchev–Trinajstić information content (AvgIpc) is 2.38. The molecule has 1 amide bonds. The number of primary amides is 1. The Morgan fingerprint density at radius 1 is 1.26 bits per heavy atom. The number of allylic oxidation sites excluding steroid dienone is 1. The van der Waals surface area contributed by atoms with Crippen LogP contribution in [0.15, 0.2) is 29.3 Å². The van der Waals surface area contributed by atoms with Crippen LogP contribution in [0.5, 0.6) is 17.2 Å². The third-order valence-corrected chi connectivity index (χ3v) is 2.37. The summed E-state index contributed by atoms with van der Waals surface area (Å²) in [5.74, 6) is -1.62. The van der Waals surface area contributed by atoms with Crippen LogP contribution >= 0.6 is 0 Å². The molecule has 6 heteroatoms. The Bertz CT molecular complexity index is 474. The van der Waals surface area contributed by atoms with Gasteiger partial charge in [-0.3, -0.25) is 9.59 Å². The van der Waals surface area contributed by atoms with Crippen molar-refractivity contribution in [2.75, 3.05) is 0 Å². The number of carbonyl (C=O) groups excluding carboxylic acids is 2. The SMILES string of the molecule is CCC(C=O)=C(C)C(N)=O.Oc1cccc(O)c1O. The van der Waals surface area contributed by atoms with Crippen molar-refractivity contribution in [2.24, 2.45) is 5.73 Å². The van der Waals surface area contributed by atoms with Gasteiger partial charge in [-0.15, -0.1) is 0 Å². The molecular weight excluding hydrogens is 250 g/mol. The number of benzene rings is 1. The third-order valence-electron chi connectivity index (χ3n) is 2.37. The predicted molar refractivity (Wildman–Crippen MR) is 69.7 cm³/mol. The summed E-state index contributed by atoms with van der Waals surface area (Å²) >= 11 is 0. The van der Waals surface area contributed by atoms with Gasteiger partial charge in [0.2, 0.25) is 5.91 Å². The minimum atomic E-state index is -0.524. The van der Waals surface area contributed by atoms with E-state index in [-0.39, 0.29) is 11.5 Å². The first-order valence-electron chi connectivity index (χ1n) is 5.49. The first-order valence-corrected chi connectivity index (χ1v) is 5.49. The summed E-state index contributed by atoms with van der Waals surface area (Å²) in [6.45, 7) is 3.35. The second kappa shape index (κ2) is 7.75. The zero-order chi connectivity index (χ0) is 15.0. The number of aromatic hydroxyl groups is 3. The molecule has 0 atom stereocenters. The summed E-state index contributed by atoms with van der Waals surface area (Å²) in [7, 11) is 0. The van der Waals surface area contributed by atoms with E-state index in [4.69, 9.17) is 21.1 Å². The molecule has 0 spiro atoms. The van der Waals surface area contributed by atoms with Crippen molar-refractivity contribution in [3.8, 4) is 17.2 Å². The number of hydrogen-bond donors (Lipinski definition) is 4. The highest BCUT2D eigenvalue weighted by molar-refractivity contribution is 5.97. The Morgan fingerprint density at radius 2 is 1.74 bits per heavy atom. The maximum atomic E-state index is 10.5. The fourth-order valence-corrected chi connectivity index (χ4v) is 1.11. The smallest absolute Gasteiger partial charge is 0.244 e. The maximum Gasteiger partial charge on any atom is 0.244 e. The molecule has 104 valence electrons. The standard InChI is InChI=1S/C7H11NO2.C6H6O3/c1-3-6(4-9)5(2)7(8)10;7-4-2-1-3-5(8)6(4)9/h4H,3H2,1-2H3,(H2,8,10);1-3,7-9H. The van der Waals surface area contributed by atoms with Gasteiger partial charge < -0.3 is 21.1 Å². The summed E-state index contributed by atoms with van der Waals surface area (Å²) in [6, 6.07) is 4.01. The lowest BCUT2D eigenvalue weighted by Gasteiger charge is -1.97. The largest absolute Gasteiger partial charge is 0.504 e. The van der Waals surface area contributed by atoms with Crippen molar-refractivity contribution < 1.29 is 24.9 Å². The number of nitrogens with two attached hydrogens (primary N) is 1. The number of aldehydes is 1. The van der Waals surface area contributed by atoms with Gasteiger partial charge in [0, 0.05) is 5.57 Å². The van der Waals surface area contributed by atoms with Gasteiger partial charge in [0.05, 0.1) is 0 Å². The Labute approximate surface area is 110 Å². The summed E-state index contributed by atoms with van der Waals surface area (Å²) in [5, 5.41) is 26.1. The van der Waals surface area contributed by atoms with E-state index in [1.165, 1.54) is 18.2 Å². The molecule has 19 heavy (non-hydrogen) atoms. The quantitative estimate of drug-likeness (QED) is 0.372. The average molecular weight is 267 g/mol. The van der Waals surface area contributed by atoms with E-state index in [2.05, 4.69) is 0 Å². The Hall–Kier alpha value is -2.50. The molecule has 6 nitrogen and oxygen atoms in total. The van der Waals surface area contributed by atoms with Gasteiger partial charge in [0.1, 0.15) is 6.29 Å². The van der Waals surface area contributed by atoms with E-state index in [1.807, 2.05) is 0 Å². The van der Waals surface area contributed by atoms with Gasteiger partial charge in [-0.1, -0.05) is 13.0 Å². The molecule has 0 unspecified atom stereocenters. The highest BCUT2D eigenvalue weighted by Crippen LogP contribution is 2.32. The molecular formula is C13H17NO5. The van der Waals surface area contributed by atoms with Crippen LogP contribution in [0.1, 0.15) is 20.3 Å². The first kappa shape index (κ1) is 16.5. The van der Waals surface area contributed by atoms with Crippen LogP contribution < -0.4 is 5.73 Å². The number of phenols is 3. The lowest BCUT2D eigenvalue weighted by molar-refractivity contribution is -0.115. The predicted octanol–water partition coefficient (Wildman–Crippen LogP) is 1.20. The minimum absolute atomic E-state index is 0.310. The van der Waals surface area contributed by atoms with Crippen molar-refractivity contribution in [1.82, 2.24) is 0 Å². The number of carbonyl (C=O) groups is 2. The number of rotatable bonds is 3. The molecule has 1 rings (SSSR count). The van der Waals surface area contributed by atoms with Crippen molar-refractivity contribution in [3.63, 3.8) is 0 Å². The lowest BCUT2D eigenvalue weighted by Crippen LogP contribution is -2.13. The summed E-state index contributed by atoms with van der Waals surface area (Å²) in [6.07, 6.45) is 1.22. The van der Waals surface area contributed by atoms with Crippen LogP contribution in [0.2, 0.25) is 0 Å². The van der Waals surface area contributed by atoms with Crippen LogP contribution in [-0.2, 0) is 9.59 Å². The molecule has 0 saturated carbocycles. The van der Waals surface area contributed by atoms with Crippen molar-refractivity contribution >= 4 is 12.2 Å². The van der Waals surface area contributed by atoms with Gasteiger partial charge in [0.25, 0.3) is 0 Å². The zero-order valence-electron chi connectivity index (χ0n) is 10.8. The number of amides is 1. The normalized spacial score (nSPS) is 10.8. The summed E-state index contributed by atoms with van der Waals surface area (Å²) in [5.41, 5.74) is 5.77. The van der Waals surface area contributed by atoms with Crippen LogP contribution in [0.25, 0.3) is 0 Å². The highest BCUT2D eigenvalue weighted by atomic mass is 16.3. The van der Waals surface area contributed by atoms with Gasteiger partial charge in [-0.2, -0.15) is 0 Å². The summed E-state index contributed by atoms with van der Waals surface area (Å²) in [4.78, 5) is 20.7. The number of hydrogen-bond acceptors (Lipinski definition) is 5. The number of para-hydroxylation sites is 1. The number of phenolic OH excluding ortho intramolecular Hbond substituents is 3. The molecule has 0 saturated heterocycles. The second-order valence-electron chi connectivity index (χ2n) is 3.63. The molecule has 5 N–H and O–H groups in total. The van der Waals surface area contributed by atoms with E-state index >= 15 is 0 Å². The molecule has 0 radical (unpaired) electrons. The van der Waals surface area contributed by atoms with E-state index in [9.17, 15) is 9.59 Å². The van der Waals surface area contributed by atoms with Gasteiger partial charge >= 0.3 is 0 Å². The van der Waals surface area contributed by atoms with Gasteiger partial charge in [-0.05, 0) is 31.1 Å². The highest BCUT2D eigenvalue weighted by Gasteiger charge is 2.03. The molecule has 0 aliphatic rings. The third kappa shape index (κ3) is 5.12. The molecule has 0 aliphatic carbocycles. The maximum absolute atomic E-state index is 10.5. The monoisotopic (exact) mass is 267 g/mol. The van der Waals surface area contributed by atoms with E-state index < -0.39 is 11.7 Å². The van der Waals surface area contributed by atoms with E-state index in [0.717, 1.165) is 0 Å². The molecule has 0 heterocycles. The molecule has 0 bridgehead atoms. The fourth-order valence-electron chi connectivity index (χ4n) is 1.11.